The van der Waals surface area contributed by atoms with Crippen LogP contribution in [0.25, 0.3) is 0 Å². The van der Waals surface area contributed by atoms with Gasteiger partial charge < -0.3 is 19.5 Å². The van der Waals surface area contributed by atoms with E-state index in [-0.39, 0.29) is 5.91 Å². The molecule has 1 aliphatic rings. The van der Waals surface area contributed by atoms with Crippen LogP contribution in [0.3, 0.4) is 0 Å². The Morgan fingerprint density at radius 3 is 3.00 bits per heavy atom. The maximum Gasteiger partial charge on any atom is 0.261 e. The number of methoxy groups -OCH3 is 1. The molecule has 6 nitrogen and oxygen atoms in total. The van der Waals surface area contributed by atoms with Gasteiger partial charge in [0.2, 0.25) is 5.88 Å². The van der Waals surface area contributed by atoms with E-state index in [9.17, 15) is 4.79 Å². The fraction of sp³-hybridized carbons (Fsp3) is 0.294. The Balaban J connectivity index is 1.73. The lowest BCUT2D eigenvalue weighted by atomic mass is 10.1. The van der Waals surface area contributed by atoms with Gasteiger partial charge in [0.15, 0.2) is 0 Å². The molecule has 0 unspecified atom stereocenters. The van der Waals surface area contributed by atoms with Crippen molar-refractivity contribution in [2.45, 2.75) is 13.2 Å². The second-order valence-corrected chi connectivity index (χ2v) is 5.13. The van der Waals surface area contributed by atoms with E-state index in [0.29, 0.717) is 37.9 Å². The van der Waals surface area contributed by atoms with Crippen molar-refractivity contribution in [2.75, 3.05) is 25.6 Å². The molecule has 0 atom stereocenters. The van der Waals surface area contributed by atoms with Crippen molar-refractivity contribution < 1.29 is 19.0 Å². The van der Waals surface area contributed by atoms with E-state index in [4.69, 9.17) is 14.2 Å². The van der Waals surface area contributed by atoms with Crippen LogP contribution >= 0.6 is 0 Å². The maximum atomic E-state index is 12.5. The van der Waals surface area contributed by atoms with E-state index in [1.807, 2.05) is 18.2 Å². The average molecular weight is 314 g/mol. The molecule has 0 fully saturated rings. The van der Waals surface area contributed by atoms with Crippen LogP contribution in [0.5, 0.6) is 5.88 Å². The fourth-order valence-corrected chi connectivity index (χ4v) is 2.35. The van der Waals surface area contributed by atoms with Crippen molar-refractivity contribution in [3.63, 3.8) is 0 Å². The average Bonchev–Trinajstić information content (AvgIpc) is 3.03. The summed E-state index contributed by atoms with van der Waals surface area (Å²) < 4.78 is 15.8. The molecule has 0 aliphatic carbocycles. The highest BCUT2D eigenvalue weighted by Gasteiger charge is 2.16. The first-order valence-electron chi connectivity index (χ1n) is 7.35. The summed E-state index contributed by atoms with van der Waals surface area (Å²) in [6, 6.07) is 9.15. The van der Waals surface area contributed by atoms with Crippen molar-refractivity contribution >= 4 is 11.6 Å². The quantitative estimate of drug-likeness (QED) is 0.829. The van der Waals surface area contributed by atoms with E-state index in [1.54, 1.807) is 25.4 Å². The Hall–Kier alpha value is -2.44. The zero-order chi connectivity index (χ0) is 16.1. The molecule has 0 bridgehead atoms. The van der Waals surface area contributed by atoms with Crippen molar-refractivity contribution in [2.24, 2.45) is 0 Å². The van der Waals surface area contributed by atoms with Crippen LogP contribution in [0.2, 0.25) is 0 Å². The minimum Gasteiger partial charge on any atom is -0.475 e. The van der Waals surface area contributed by atoms with Gasteiger partial charge in [0, 0.05) is 19.0 Å². The fourth-order valence-electron chi connectivity index (χ4n) is 2.35. The monoisotopic (exact) mass is 314 g/mol. The SMILES string of the molecule is COCCOc1ncccc1C(=O)Nc1ccc2c(c1)COC2. The number of carbonyl (C=O) groups is 1. The Morgan fingerprint density at radius 2 is 2.13 bits per heavy atom. The Bertz CT molecular complexity index is 703. The van der Waals surface area contributed by atoms with Crippen LogP contribution in [0.15, 0.2) is 36.5 Å². The molecule has 2 heterocycles. The van der Waals surface area contributed by atoms with Crippen LogP contribution in [0.1, 0.15) is 21.5 Å². The summed E-state index contributed by atoms with van der Waals surface area (Å²) in [5, 5.41) is 2.87. The minimum absolute atomic E-state index is 0.260. The summed E-state index contributed by atoms with van der Waals surface area (Å²) in [6.07, 6.45) is 1.59. The molecule has 3 rings (SSSR count). The van der Waals surface area contributed by atoms with Gasteiger partial charge in [-0.05, 0) is 35.4 Å². The maximum absolute atomic E-state index is 12.5. The van der Waals surface area contributed by atoms with Gasteiger partial charge >= 0.3 is 0 Å². The summed E-state index contributed by atoms with van der Waals surface area (Å²) in [5.74, 6) is 0.0379. The van der Waals surface area contributed by atoms with Crippen LogP contribution in [0.4, 0.5) is 5.69 Å². The predicted molar refractivity (Wildman–Crippen MR) is 84.5 cm³/mol. The molecule has 1 aliphatic heterocycles. The zero-order valence-electron chi connectivity index (χ0n) is 12.9. The topological polar surface area (TPSA) is 69.7 Å². The van der Waals surface area contributed by atoms with Gasteiger partial charge in [-0.3, -0.25) is 4.79 Å². The molecule has 1 amide bonds. The van der Waals surface area contributed by atoms with Gasteiger partial charge in [-0.1, -0.05) is 6.07 Å². The first-order chi connectivity index (χ1) is 11.3. The molecular formula is C17H18N2O4. The third kappa shape index (κ3) is 3.67. The number of hydrogen-bond acceptors (Lipinski definition) is 5. The zero-order valence-corrected chi connectivity index (χ0v) is 12.9. The van der Waals surface area contributed by atoms with E-state index >= 15 is 0 Å². The number of aromatic nitrogens is 1. The van der Waals surface area contributed by atoms with Crippen LogP contribution in [-0.2, 0) is 22.7 Å². The van der Waals surface area contributed by atoms with Gasteiger partial charge in [-0.15, -0.1) is 0 Å². The number of carbonyl (C=O) groups excluding carboxylic acids is 1. The smallest absolute Gasteiger partial charge is 0.261 e. The third-order valence-electron chi connectivity index (χ3n) is 3.52. The first kappa shape index (κ1) is 15.5. The summed E-state index contributed by atoms with van der Waals surface area (Å²) >= 11 is 0. The van der Waals surface area contributed by atoms with Gasteiger partial charge in [0.1, 0.15) is 12.2 Å². The number of rotatable bonds is 6. The number of hydrogen-bond donors (Lipinski definition) is 1. The van der Waals surface area contributed by atoms with Crippen molar-refractivity contribution in [3.05, 3.63) is 53.2 Å². The summed E-state index contributed by atoms with van der Waals surface area (Å²) in [7, 11) is 1.59. The first-order valence-corrected chi connectivity index (χ1v) is 7.35. The van der Waals surface area contributed by atoms with Crippen LogP contribution in [-0.4, -0.2) is 31.2 Å². The highest BCUT2D eigenvalue weighted by Crippen LogP contribution is 2.24. The number of pyridine rings is 1. The molecule has 0 saturated heterocycles. The lowest BCUT2D eigenvalue weighted by molar-refractivity contribution is 0.101. The Kier molecular flexibility index (Phi) is 4.85. The molecule has 6 heteroatoms. The molecule has 120 valence electrons. The van der Waals surface area contributed by atoms with Crippen LogP contribution < -0.4 is 10.1 Å². The molecule has 23 heavy (non-hydrogen) atoms. The number of nitrogens with one attached hydrogen (secondary N) is 1. The highest BCUT2D eigenvalue weighted by molar-refractivity contribution is 6.05. The van der Waals surface area contributed by atoms with Crippen molar-refractivity contribution in [1.29, 1.82) is 0 Å². The number of anilines is 1. The molecule has 1 N–H and O–H groups in total. The number of ether oxygens (including phenoxy) is 3. The molecule has 0 radical (unpaired) electrons. The highest BCUT2D eigenvalue weighted by atomic mass is 16.5. The molecule has 1 aromatic carbocycles. The largest absolute Gasteiger partial charge is 0.475 e. The van der Waals surface area contributed by atoms with Gasteiger partial charge in [0.05, 0.1) is 19.8 Å². The second-order valence-electron chi connectivity index (χ2n) is 5.13. The summed E-state index contributed by atoms with van der Waals surface area (Å²) in [5.41, 5.74) is 3.38. The molecular weight excluding hydrogens is 296 g/mol. The standard InChI is InChI=1S/C17H18N2O4/c1-21-7-8-23-17-15(3-2-6-18-17)16(20)19-14-5-4-12-10-22-11-13(12)9-14/h2-6,9H,7-8,10-11H2,1H3,(H,19,20). The Labute approximate surface area is 134 Å². The van der Waals surface area contributed by atoms with Crippen LogP contribution in [0, 0.1) is 0 Å². The van der Waals surface area contributed by atoms with E-state index in [2.05, 4.69) is 10.3 Å². The normalized spacial score (nSPS) is 12.7. The summed E-state index contributed by atoms with van der Waals surface area (Å²) in [6.45, 7) is 1.98. The lowest BCUT2D eigenvalue weighted by Gasteiger charge is -2.11. The molecule has 1 aromatic heterocycles. The Morgan fingerprint density at radius 1 is 1.26 bits per heavy atom. The van der Waals surface area contributed by atoms with Crippen molar-refractivity contribution in [1.82, 2.24) is 4.98 Å². The lowest BCUT2D eigenvalue weighted by Crippen LogP contribution is -2.15. The molecule has 2 aromatic rings. The van der Waals surface area contributed by atoms with E-state index in [1.165, 1.54) is 0 Å². The summed E-state index contributed by atoms with van der Waals surface area (Å²) in [4.78, 5) is 16.6. The number of nitrogens with zero attached hydrogens (tertiary/aromatic N) is 1. The third-order valence-corrected chi connectivity index (χ3v) is 3.52. The molecule has 0 saturated carbocycles. The van der Waals surface area contributed by atoms with Gasteiger partial charge in [0.25, 0.3) is 5.91 Å². The predicted octanol–water partition coefficient (Wildman–Crippen LogP) is 2.39. The minimum atomic E-state index is -0.260. The van der Waals surface area contributed by atoms with Gasteiger partial charge in [-0.25, -0.2) is 4.98 Å². The van der Waals surface area contributed by atoms with Crippen molar-refractivity contribution in [3.8, 4) is 5.88 Å². The van der Waals surface area contributed by atoms with Gasteiger partial charge in [-0.2, -0.15) is 0 Å². The van der Waals surface area contributed by atoms with E-state index in [0.717, 1.165) is 16.8 Å². The second kappa shape index (κ2) is 7.21. The number of amides is 1. The molecule has 0 spiro atoms. The number of benzene rings is 1. The number of fused-ring (bicyclic) bond motifs is 1. The van der Waals surface area contributed by atoms with E-state index < -0.39 is 0 Å².